The van der Waals surface area contributed by atoms with Crippen molar-refractivity contribution in [1.29, 1.82) is 0 Å². The van der Waals surface area contributed by atoms with Gasteiger partial charge in [0, 0.05) is 51.0 Å². The molecule has 1 amide bonds. The molecule has 1 N–H and O–H groups in total. The predicted molar refractivity (Wildman–Crippen MR) is 128 cm³/mol. The Morgan fingerprint density at radius 1 is 1.06 bits per heavy atom. The standard InChI is InChI=1S/C25H35N5O2/c1-20(2)30-16-17-32-22(19-30)18-28-12-7-13-29(15-14-28)24-11-6-10-23(27-24)25(31)26-21-8-4-3-5-9-21/h3-6,8-11,20,22H,7,12-19H2,1-2H3,(H,26,31). The molecular formula is C25H35N5O2. The molecule has 4 rings (SSSR count). The number of nitrogens with zero attached hydrogens (tertiary/aromatic N) is 4. The number of para-hydroxylation sites is 1. The molecule has 1 aromatic carbocycles. The van der Waals surface area contributed by atoms with Gasteiger partial charge >= 0.3 is 0 Å². The number of nitrogens with one attached hydrogen (secondary N) is 1. The van der Waals surface area contributed by atoms with Crippen LogP contribution in [0.1, 0.15) is 30.8 Å². The van der Waals surface area contributed by atoms with Crippen LogP contribution in [0.15, 0.2) is 48.5 Å². The first kappa shape index (κ1) is 22.7. The third-order valence-electron chi connectivity index (χ3n) is 6.27. The summed E-state index contributed by atoms with van der Waals surface area (Å²) in [6.07, 6.45) is 1.35. The number of aromatic nitrogens is 1. The highest BCUT2D eigenvalue weighted by Gasteiger charge is 2.25. The van der Waals surface area contributed by atoms with E-state index in [0.717, 1.165) is 70.3 Å². The van der Waals surface area contributed by atoms with Crippen LogP contribution in [0.5, 0.6) is 0 Å². The Bertz CT molecular complexity index is 876. The summed E-state index contributed by atoms with van der Waals surface area (Å²) in [5.41, 5.74) is 1.22. The van der Waals surface area contributed by atoms with E-state index in [2.05, 4.69) is 38.8 Å². The molecule has 2 fully saturated rings. The van der Waals surface area contributed by atoms with Crippen LogP contribution < -0.4 is 10.2 Å². The molecular weight excluding hydrogens is 402 g/mol. The Balaban J connectivity index is 1.33. The number of rotatable bonds is 6. The monoisotopic (exact) mass is 437 g/mol. The molecule has 2 aromatic rings. The Morgan fingerprint density at radius 3 is 2.72 bits per heavy atom. The van der Waals surface area contributed by atoms with E-state index in [0.29, 0.717) is 11.7 Å². The zero-order valence-corrected chi connectivity index (χ0v) is 19.2. The summed E-state index contributed by atoms with van der Waals surface area (Å²) in [5.74, 6) is 0.686. The molecule has 7 heteroatoms. The molecule has 1 unspecified atom stereocenters. The fourth-order valence-corrected chi connectivity index (χ4v) is 4.43. The number of amides is 1. The van der Waals surface area contributed by atoms with E-state index >= 15 is 0 Å². The van der Waals surface area contributed by atoms with Crippen molar-refractivity contribution in [2.45, 2.75) is 32.4 Å². The molecule has 3 heterocycles. The van der Waals surface area contributed by atoms with Crippen LogP contribution in [0, 0.1) is 0 Å². The third kappa shape index (κ3) is 6.06. The van der Waals surface area contributed by atoms with E-state index in [1.165, 1.54) is 0 Å². The minimum Gasteiger partial charge on any atom is -0.374 e. The highest BCUT2D eigenvalue weighted by Crippen LogP contribution is 2.17. The summed E-state index contributed by atoms with van der Waals surface area (Å²) in [6.45, 7) is 12.2. The van der Waals surface area contributed by atoms with Gasteiger partial charge in [-0.15, -0.1) is 0 Å². The van der Waals surface area contributed by atoms with E-state index in [-0.39, 0.29) is 12.0 Å². The second kappa shape index (κ2) is 10.9. The smallest absolute Gasteiger partial charge is 0.274 e. The van der Waals surface area contributed by atoms with Gasteiger partial charge in [0.1, 0.15) is 11.5 Å². The average molecular weight is 438 g/mol. The van der Waals surface area contributed by atoms with Gasteiger partial charge in [-0.1, -0.05) is 24.3 Å². The van der Waals surface area contributed by atoms with Gasteiger partial charge in [0.25, 0.3) is 5.91 Å². The number of anilines is 2. The number of carbonyl (C=O) groups is 1. The van der Waals surface area contributed by atoms with Crippen LogP contribution in [0.2, 0.25) is 0 Å². The van der Waals surface area contributed by atoms with Crippen LogP contribution >= 0.6 is 0 Å². The van der Waals surface area contributed by atoms with Crippen LogP contribution in [0.25, 0.3) is 0 Å². The Labute approximate surface area is 191 Å². The van der Waals surface area contributed by atoms with Crippen LogP contribution in [0.4, 0.5) is 11.5 Å². The Hall–Kier alpha value is -2.48. The summed E-state index contributed by atoms with van der Waals surface area (Å²) < 4.78 is 6.05. The van der Waals surface area contributed by atoms with Crippen LogP contribution in [0.3, 0.4) is 0 Å². The third-order valence-corrected chi connectivity index (χ3v) is 6.27. The van der Waals surface area contributed by atoms with Crippen LogP contribution in [-0.2, 0) is 4.74 Å². The zero-order chi connectivity index (χ0) is 22.3. The lowest BCUT2D eigenvalue weighted by Gasteiger charge is -2.37. The maximum Gasteiger partial charge on any atom is 0.274 e. The normalized spacial score (nSPS) is 20.8. The second-order valence-corrected chi connectivity index (χ2v) is 8.92. The second-order valence-electron chi connectivity index (χ2n) is 8.92. The van der Waals surface area contributed by atoms with Gasteiger partial charge in [-0.05, 0) is 51.1 Å². The molecule has 2 aliphatic heterocycles. The molecule has 0 saturated carbocycles. The van der Waals surface area contributed by atoms with Crippen molar-refractivity contribution in [3.63, 3.8) is 0 Å². The quantitative estimate of drug-likeness (QED) is 0.750. The van der Waals surface area contributed by atoms with E-state index in [9.17, 15) is 4.79 Å². The predicted octanol–water partition coefficient (Wildman–Crippen LogP) is 2.96. The van der Waals surface area contributed by atoms with Crippen molar-refractivity contribution in [3.8, 4) is 0 Å². The first-order valence-corrected chi connectivity index (χ1v) is 11.7. The lowest BCUT2D eigenvalue weighted by atomic mass is 10.2. The van der Waals surface area contributed by atoms with Gasteiger partial charge in [-0.25, -0.2) is 4.98 Å². The number of hydrogen-bond donors (Lipinski definition) is 1. The molecule has 7 nitrogen and oxygen atoms in total. The topological polar surface area (TPSA) is 60.9 Å². The zero-order valence-electron chi connectivity index (χ0n) is 19.2. The number of ether oxygens (including phenoxy) is 1. The van der Waals surface area contributed by atoms with Gasteiger partial charge < -0.3 is 15.0 Å². The van der Waals surface area contributed by atoms with Crippen molar-refractivity contribution in [2.75, 3.05) is 62.6 Å². The van der Waals surface area contributed by atoms with E-state index in [1.54, 1.807) is 6.07 Å². The fourth-order valence-electron chi connectivity index (χ4n) is 4.43. The minimum absolute atomic E-state index is 0.182. The lowest BCUT2D eigenvalue weighted by molar-refractivity contribution is -0.0514. The van der Waals surface area contributed by atoms with Crippen LogP contribution in [-0.4, -0.2) is 85.3 Å². The highest BCUT2D eigenvalue weighted by atomic mass is 16.5. The molecule has 2 aliphatic rings. The molecule has 0 aliphatic carbocycles. The SMILES string of the molecule is CC(C)N1CCOC(CN2CCCN(c3cccc(C(=O)Nc4ccccc4)n3)CC2)C1. The van der Waals surface area contributed by atoms with Crippen molar-refractivity contribution in [3.05, 3.63) is 54.2 Å². The number of pyridine rings is 1. The largest absolute Gasteiger partial charge is 0.374 e. The molecule has 0 spiro atoms. The number of benzene rings is 1. The first-order valence-electron chi connectivity index (χ1n) is 11.7. The fraction of sp³-hybridized carbons (Fsp3) is 0.520. The summed E-state index contributed by atoms with van der Waals surface area (Å²) in [7, 11) is 0. The van der Waals surface area contributed by atoms with Crippen molar-refractivity contribution >= 4 is 17.4 Å². The van der Waals surface area contributed by atoms with Crippen molar-refractivity contribution < 1.29 is 9.53 Å². The van der Waals surface area contributed by atoms with Crippen molar-refractivity contribution in [1.82, 2.24) is 14.8 Å². The first-order chi connectivity index (χ1) is 15.6. The summed E-state index contributed by atoms with van der Waals surface area (Å²) in [4.78, 5) is 24.6. The van der Waals surface area contributed by atoms with Gasteiger partial charge in [0.05, 0.1) is 12.7 Å². The molecule has 32 heavy (non-hydrogen) atoms. The molecule has 1 aromatic heterocycles. The number of hydrogen-bond acceptors (Lipinski definition) is 6. The number of morpholine rings is 1. The molecule has 0 bridgehead atoms. The van der Waals surface area contributed by atoms with E-state index < -0.39 is 0 Å². The van der Waals surface area contributed by atoms with Gasteiger partial charge in [0.15, 0.2) is 0 Å². The summed E-state index contributed by atoms with van der Waals surface area (Å²) in [5, 5.41) is 2.92. The summed E-state index contributed by atoms with van der Waals surface area (Å²) >= 11 is 0. The highest BCUT2D eigenvalue weighted by molar-refractivity contribution is 6.03. The van der Waals surface area contributed by atoms with Gasteiger partial charge in [0.2, 0.25) is 0 Å². The Morgan fingerprint density at radius 2 is 1.91 bits per heavy atom. The molecule has 1 atom stereocenters. The summed E-state index contributed by atoms with van der Waals surface area (Å²) in [6, 6.07) is 15.7. The minimum atomic E-state index is -0.182. The average Bonchev–Trinajstić information content (AvgIpc) is 3.05. The van der Waals surface area contributed by atoms with E-state index in [1.807, 2.05) is 42.5 Å². The number of carbonyl (C=O) groups excluding carboxylic acids is 1. The van der Waals surface area contributed by atoms with Gasteiger partial charge in [-0.3, -0.25) is 14.6 Å². The lowest BCUT2D eigenvalue weighted by Crippen LogP contribution is -2.50. The maximum atomic E-state index is 12.6. The maximum absolute atomic E-state index is 12.6. The molecule has 0 radical (unpaired) electrons. The van der Waals surface area contributed by atoms with Gasteiger partial charge in [-0.2, -0.15) is 0 Å². The van der Waals surface area contributed by atoms with Crippen molar-refractivity contribution in [2.24, 2.45) is 0 Å². The molecule has 172 valence electrons. The Kier molecular flexibility index (Phi) is 7.73. The van der Waals surface area contributed by atoms with E-state index in [4.69, 9.17) is 4.74 Å². The molecule has 2 saturated heterocycles.